The molecule has 5 aromatic rings. The lowest BCUT2D eigenvalue weighted by atomic mass is 10.0. The molecule has 17 nitrogen and oxygen atoms in total. The first-order valence-electron chi connectivity index (χ1n) is 27.7. The van der Waals surface area contributed by atoms with Gasteiger partial charge in [0.25, 0.3) is 0 Å². The van der Waals surface area contributed by atoms with Gasteiger partial charge in [0.15, 0.2) is 0 Å². The summed E-state index contributed by atoms with van der Waals surface area (Å²) in [6, 6.07) is 27.3. The Labute approximate surface area is 476 Å². The van der Waals surface area contributed by atoms with E-state index in [-0.39, 0.29) is 42.4 Å². The summed E-state index contributed by atoms with van der Waals surface area (Å²) in [5.41, 5.74) is 3.14. The van der Waals surface area contributed by atoms with E-state index < -0.39 is 34.2 Å². The quantitative estimate of drug-likeness (QED) is 0.0627. The molecule has 1 aromatic heterocycles. The molecular formula is C59H72ClF2N11O6S. The summed E-state index contributed by atoms with van der Waals surface area (Å²) in [5, 5.41) is 24.8. The maximum atomic E-state index is 15.3. The first-order chi connectivity index (χ1) is 38.7. The number of nitrogens with one attached hydrogen (secondary N) is 2. The van der Waals surface area contributed by atoms with Crippen LogP contribution in [0, 0.1) is 23.0 Å². The molecule has 4 aromatic carbocycles. The number of hydrazone groups is 1. The zero-order chi connectivity index (χ0) is 56.2. The molecule has 2 fully saturated rings. The number of thioether (sulfide) groups is 1. The lowest BCUT2D eigenvalue weighted by Crippen LogP contribution is -2.51. The maximum absolute atomic E-state index is 15.3. The van der Waals surface area contributed by atoms with Crippen LogP contribution in [0.5, 0.6) is 6.01 Å². The summed E-state index contributed by atoms with van der Waals surface area (Å²) in [6.45, 7) is 13.1. The number of likely N-dealkylation sites (tertiary alicyclic amines) is 1. The third-order valence-electron chi connectivity index (χ3n) is 14.7. The minimum absolute atomic E-state index is 0.0511. The molecule has 0 radical (unpaired) electrons. The van der Waals surface area contributed by atoms with Crippen LogP contribution in [-0.2, 0) is 32.0 Å². The van der Waals surface area contributed by atoms with Crippen molar-refractivity contribution in [3.63, 3.8) is 0 Å². The highest BCUT2D eigenvalue weighted by atomic mass is 35.5. The first kappa shape index (κ1) is 58.3. The van der Waals surface area contributed by atoms with Crippen molar-refractivity contribution in [1.82, 2.24) is 35.4 Å². The second-order valence-corrected chi connectivity index (χ2v) is 23.2. The van der Waals surface area contributed by atoms with Crippen LogP contribution in [-0.4, -0.2) is 152 Å². The van der Waals surface area contributed by atoms with Crippen molar-refractivity contribution in [1.29, 1.82) is 5.26 Å². The van der Waals surface area contributed by atoms with Gasteiger partial charge in [-0.1, -0.05) is 78.0 Å². The van der Waals surface area contributed by atoms with Crippen LogP contribution in [0.3, 0.4) is 0 Å². The van der Waals surface area contributed by atoms with Crippen molar-refractivity contribution in [2.24, 2.45) is 5.10 Å². The van der Waals surface area contributed by atoms with Crippen molar-refractivity contribution in [2.45, 2.75) is 94.8 Å². The number of carbonyl (C=O) groups excluding carboxylic acids is 2. The van der Waals surface area contributed by atoms with E-state index in [4.69, 9.17) is 40.5 Å². The summed E-state index contributed by atoms with van der Waals surface area (Å²) >= 11 is 7.97. The van der Waals surface area contributed by atoms with Gasteiger partial charge in [-0.25, -0.2) is 18.4 Å². The zero-order valence-corrected chi connectivity index (χ0v) is 47.7. The number of carbonyl (C=O) groups is 2. The zero-order valence-electron chi connectivity index (χ0n) is 46.1. The van der Waals surface area contributed by atoms with Crippen LogP contribution in [0.15, 0.2) is 90.0 Å². The fraction of sp³-hybridized carbons (Fsp3) is 0.492. The van der Waals surface area contributed by atoms with Crippen LogP contribution < -0.4 is 25.2 Å². The van der Waals surface area contributed by atoms with Crippen LogP contribution in [0.2, 0.25) is 5.02 Å². The minimum Gasteiger partial charge on any atom is -0.462 e. The Hall–Kier alpha value is -6.34. The molecule has 21 heteroatoms. The van der Waals surface area contributed by atoms with Gasteiger partial charge in [0.05, 0.1) is 49.6 Å². The Morgan fingerprint density at radius 1 is 0.963 bits per heavy atom. The fourth-order valence-corrected chi connectivity index (χ4v) is 12.5. The molecule has 3 amide bonds. The van der Waals surface area contributed by atoms with Crippen LogP contribution in [0.4, 0.5) is 29.9 Å². The number of aromatic nitrogens is 2. The van der Waals surface area contributed by atoms with Crippen molar-refractivity contribution in [3.8, 4) is 12.1 Å². The van der Waals surface area contributed by atoms with Crippen molar-refractivity contribution >= 4 is 62.8 Å². The highest BCUT2D eigenvalue weighted by molar-refractivity contribution is 8.15. The van der Waals surface area contributed by atoms with Crippen molar-refractivity contribution in [3.05, 3.63) is 124 Å². The molecule has 9 rings (SSSR count). The number of anilines is 2. The van der Waals surface area contributed by atoms with Crippen LogP contribution in [0.1, 0.15) is 81.7 Å². The predicted molar refractivity (Wildman–Crippen MR) is 308 cm³/mol. The van der Waals surface area contributed by atoms with Crippen LogP contribution >= 0.6 is 23.4 Å². The van der Waals surface area contributed by atoms with E-state index in [0.29, 0.717) is 64.8 Å². The Morgan fingerprint density at radius 2 is 1.76 bits per heavy atom. The van der Waals surface area contributed by atoms with Crippen molar-refractivity contribution in [2.75, 3.05) is 102 Å². The molecule has 0 bridgehead atoms. The van der Waals surface area contributed by atoms with Gasteiger partial charge in [-0.05, 0) is 107 Å². The lowest BCUT2D eigenvalue weighted by molar-refractivity contribution is 0.0367. The largest absolute Gasteiger partial charge is 0.462 e. The maximum Gasteiger partial charge on any atom is 0.407 e. The Morgan fingerprint density at radius 3 is 2.56 bits per heavy atom. The topological polar surface area (TPSA) is 173 Å². The highest BCUT2D eigenvalue weighted by Gasteiger charge is 2.49. The molecular weight excluding hydrogens is 1060 g/mol. The summed E-state index contributed by atoms with van der Waals surface area (Å²) in [7, 11) is 1.65. The van der Waals surface area contributed by atoms with E-state index in [1.165, 1.54) is 21.7 Å². The highest BCUT2D eigenvalue weighted by Crippen LogP contribution is 2.51. The summed E-state index contributed by atoms with van der Waals surface area (Å²) in [6.07, 6.45) is 4.22. The number of nitriles is 1. The molecule has 0 spiro atoms. The number of piperazine rings is 1. The Balaban J connectivity index is 0.759. The first-order valence-corrected chi connectivity index (χ1v) is 28.9. The van der Waals surface area contributed by atoms with Gasteiger partial charge >= 0.3 is 18.1 Å². The molecule has 80 heavy (non-hydrogen) atoms. The van der Waals surface area contributed by atoms with Gasteiger partial charge in [0.1, 0.15) is 39.6 Å². The number of rotatable bonds is 22. The van der Waals surface area contributed by atoms with Gasteiger partial charge in [0, 0.05) is 93.8 Å². The van der Waals surface area contributed by atoms with E-state index in [9.17, 15) is 19.2 Å². The number of amides is 3. The van der Waals surface area contributed by atoms with Gasteiger partial charge in [-0.15, -0.1) is 0 Å². The molecule has 4 aliphatic rings. The SMILES string of the molecule is CN(CCOCCOCCCN1CCC[C@H]1COc1nc2c(c(N3CCN[C@@H](CC#N)C3)n1)CCN(c1cccc3cccc(Cl)c13)C2)C(=O)N1N=C(c2cc(F)ccc2F)S[C@@]1(CCCNC(=O)OC(C)(C)C)c1ccccc1. The molecule has 0 saturated carbocycles. The van der Waals surface area contributed by atoms with Crippen LogP contribution in [0.25, 0.3) is 10.8 Å². The second kappa shape index (κ2) is 27.0. The number of hydrogen-bond acceptors (Lipinski definition) is 15. The van der Waals surface area contributed by atoms with Gasteiger partial charge in [-0.3, -0.25) is 4.90 Å². The lowest BCUT2D eigenvalue weighted by Gasteiger charge is -2.37. The summed E-state index contributed by atoms with van der Waals surface area (Å²) in [4.78, 5) is 44.6. The Kier molecular flexibility index (Phi) is 19.6. The third-order valence-corrected chi connectivity index (χ3v) is 16.5. The van der Waals surface area contributed by atoms with E-state index in [1.54, 1.807) is 27.8 Å². The smallest absolute Gasteiger partial charge is 0.407 e. The molecule has 2 saturated heterocycles. The molecule has 0 aliphatic carbocycles. The third kappa shape index (κ3) is 14.4. The number of hydrogen-bond donors (Lipinski definition) is 2. The number of halogens is 3. The second-order valence-electron chi connectivity index (χ2n) is 21.6. The molecule has 2 N–H and O–H groups in total. The average molecular weight is 1140 g/mol. The number of nitrogens with zero attached hydrogens (tertiary/aromatic N) is 9. The number of ether oxygens (including phenoxy) is 4. The minimum atomic E-state index is -1.17. The number of fused-ring (bicyclic) bond motifs is 2. The number of alkyl carbamates (subject to hydrolysis) is 1. The Bertz CT molecular complexity index is 3020. The van der Waals surface area contributed by atoms with Gasteiger partial charge < -0.3 is 44.3 Å². The molecule has 5 heterocycles. The van der Waals surface area contributed by atoms with E-state index in [1.807, 2.05) is 42.5 Å². The van der Waals surface area contributed by atoms with E-state index in [2.05, 4.69) is 60.8 Å². The average Bonchev–Trinajstić information content (AvgIpc) is 4.08. The van der Waals surface area contributed by atoms with E-state index in [0.717, 1.165) is 121 Å². The summed E-state index contributed by atoms with van der Waals surface area (Å²) < 4.78 is 53.8. The molecule has 426 valence electrons. The number of urea groups is 1. The predicted octanol–water partition coefficient (Wildman–Crippen LogP) is 9.70. The summed E-state index contributed by atoms with van der Waals surface area (Å²) in [5.74, 6) is -0.407. The van der Waals surface area contributed by atoms with Crippen molar-refractivity contribution < 1.29 is 37.3 Å². The molecule has 0 unspecified atom stereocenters. The monoisotopic (exact) mass is 1140 g/mol. The normalized spacial score (nSPS) is 19.4. The van der Waals surface area contributed by atoms with Gasteiger partial charge in [0.2, 0.25) is 0 Å². The standard InChI is InChI=1S/C59H72ClF2N11O6S/c1-58(2,3)79-56(74)65-26-11-24-59(42-15-6-5-7-16-42)73(68-54(80-59)47-37-43(61)20-21-49(47)62)57(75)69(4)32-34-77-36-35-76-33-12-29-70-28-10-17-45(70)40-78-55-66-50-39-71(51-19-9-14-41-13-8-18-48(60)52(41)51)30-23-46(50)53(67-55)72-31-27-64-44(38-72)22-25-63/h5-9,13-16,18-21,37,44-45,64H,10-12,17,22-24,26-36,38-40H2,1-4H3,(H,65,74)/t44-,45-,59-/m0/s1. The van der Waals surface area contributed by atoms with E-state index >= 15 is 4.39 Å². The molecule has 3 atom stereocenters. The fourth-order valence-electron chi connectivity index (χ4n) is 10.8. The van der Waals surface area contributed by atoms with Gasteiger partial charge in [-0.2, -0.15) is 25.3 Å². The number of benzene rings is 4. The molecule has 4 aliphatic heterocycles. The number of likely N-dealkylation sites (N-methyl/N-ethyl adjacent to an activating group) is 1.